The maximum absolute atomic E-state index is 13.6. The van der Waals surface area contributed by atoms with Crippen LogP contribution in [0.1, 0.15) is 16.7 Å². The molecule has 5 rings (SSSR count). The van der Waals surface area contributed by atoms with Crippen molar-refractivity contribution in [1.82, 2.24) is 4.57 Å². The van der Waals surface area contributed by atoms with Crippen LogP contribution in [0.25, 0.3) is 16.9 Å². The molecule has 0 N–H and O–H groups in total. The largest absolute Gasteiger partial charge is 0.872 e. The molecule has 0 aliphatic heterocycles. The Labute approximate surface area is 220 Å². The molecule has 0 radical (unpaired) electrons. The number of fused-ring (bicyclic) bond motifs is 1. The van der Waals surface area contributed by atoms with E-state index in [1.807, 2.05) is 78.2 Å². The van der Waals surface area contributed by atoms with Crippen molar-refractivity contribution in [2.45, 2.75) is 20.1 Å². The minimum Gasteiger partial charge on any atom is -0.872 e. The molecular weight excluding hydrogens is 480 g/mol. The molecular formula is C31H28N2O5. The maximum Gasteiger partial charge on any atom is 0.341 e. The summed E-state index contributed by atoms with van der Waals surface area (Å²) in [6.45, 7) is 2.48. The van der Waals surface area contributed by atoms with Gasteiger partial charge in [0.15, 0.2) is 17.2 Å². The van der Waals surface area contributed by atoms with Gasteiger partial charge in [-0.1, -0.05) is 54.6 Å². The van der Waals surface area contributed by atoms with Crippen LogP contribution in [-0.2, 0) is 13.2 Å². The van der Waals surface area contributed by atoms with E-state index in [4.69, 9.17) is 14.2 Å². The number of methoxy groups -OCH3 is 2. The van der Waals surface area contributed by atoms with Crippen LogP contribution in [0.3, 0.4) is 0 Å². The van der Waals surface area contributed by atoms with Crippen LogP contribution in [0.15, 0.2) is 95.9 Å². The molecule has 2 heterocycles. The summed E-state index contributed by atoms with van der Waals surface area (Å²) in [5.41, 5.74) is 4.62. The molecule has 0 spiro atoms. The number of ether oxygens (including phenoxy) is 3. The number of benzene rings is 3. The lowest BCUT2D eigenvalue weighted by Gasteiger charge is -2.14. The van der Waals surface area contributed by atoms with Gasteiger partial charge < -0.3 is 19.3 Å². The molecule has 0 aliphatic rings. The van der Waals surface area contributed by atoms with Crippen LogP contribution in [0.2, 0.25) is 0 Å². The molecule has 0 fully saturated rings. The molecule has 0 bridgehead atoms. The molecule has 0 unspecified atom stereocenters. The quantitative estimate of drug-likeness (QED) is 0.293. The highest BCUT2D eigenvalue weighted by atomic mass is 16.5. The zero-order valence-electron chi connectivity index (χ0n) is 21.5. The van der Waals surface area contributed by atoms with Crippen molar-refractivity contribution in [2.24, 2.45) is 0 Å². The summed E-state index contributed by atoms with van der Waals surface area (Å²) in [6, 6.07) is 25.6. The van der Waals surface area contributed by atoms with E-state index >= 15 is 0 Å². The Balaban J connectivity index is 1.49. The highest BCUT2D eigenvalue weighted by Gasteiger charge is 2.22. The van der Waals surface area contributed by atoms with Gasteiger partial charge >= 0.3 is 5.56 Å². The van der Waals surface area contributed by atoms with Crippen molar-refractivity contribution < 1.29 is 23.7 Å². The Kier molecular flexibility index (Phi) is 7.00. The predicted octanol–water partition coefficient (Wildman–Crippen LogP) is 4.28. The smallest absolute Gasteiger partial charge is 0.341 e. The molecule has 0 atom stereocenters. The zero-order chi connectivity index (χ0) is 26.6. The highest BCUT2D eigenvalue weighted by molar-refractivity contribution is 5.61. The Bertz CT molecular complexity index is 1660. The second kappa shape index (κ2) is 10.7. The van der Waals surface area contributed by atoms with Gasteiger partial charge in [-0.3, -0.25) is 0 Å². The van der Waals surface area contributed by atoms with Gasteiger partial charge in [0, 0.05) is 17.2 Å². The van der Waals surface area contributed by atoms with Gasteiger partial charge in [0.1, 0.15) is 18.9 Å². The molecule has 0 saturated heterocycles. The lowest BCUT2D eigenvalue weighted by Crippen LogP contribution is -2.38. The van der Waals surface area contributed by atoms with Crippen molar-refractivity contribution in [3.63, 3.8) is 0 Å². The minimum atomic E-state index is -0.104. The van der Waals surface area contributed by atoms with Crippen LogP contribution in [0.5, 0.6) is 23.0 Å². The summed E-state index contributed by atoms with van der Waals surface area (Å²) in [7, 11) is 3.23. The Hall–Kier alpha value is -4.78. The first-order valence-corrected chi connectivity index (χ1v) is 12.2. The average molecular weight is 509 g/mol. The van der Waals surface area contributed by atoms with E-state index in [-0.39, 0.29) is 11.3 Å². The highest BCUT2D eigenvalue weighted by Crippen LogP contribution is 2.30. The number of rotatable bonds is 8. The number of para-hydroxylation sites is 1. The summed E-state index contributed by atoms with van der Waals surface area (Å²) in [5.74, 6) is 1.86. The van der Waals surface area contributed by atoms with E-state index in [1.165, 1.54) is 12.1 Å². The SMILES string of the molecule is COc1ccccc1COc1ccc(Cn2c(=O)c(C)c(-c3ccc([O-])cc3)[n+]3ccccc23)cc1OC. The molecule has 0 aliphatic carbocycles. The van der Waals surface area contributed by atoms with Crippen LogP contribution in [0.4, 0.5) is 0 Å². The zero-order valence-corrected chi connectivity index (χ0v) is 21.5. The van der Waals surface area contributed by atoms with Crippen molar-refractivity contribution in [2.75, 3.05) is 14.2 Å². The van der Waals surface area contributed by atoms with Crippen molar-refractivity contribution >= 4 is 5.65 Å². The fourth-order valence-corrected chi connectivity index (χ4v) is 4.64. The lowest BCUT2D eigenvalue weighted by molar-refractivity contribution is -0.504. The van der Waals surface area contributed by atoms with Crippen LogP contribution in [0, 0.1) is 6.92 Å². The lowest BCUT2D eigenvalue weighted by atomic mass is 10.1. The second-order valence-electron chi connectivity index (χ2n) is 8.90. The van der Waals surface area contributed by atoms with Crippen molar-refractivity contribution in [3.8, 4) is 34.3 Å². The molecule has 3 aromatic carbocycles. The van der Waals surface area contributed by atoms with E-state index in [1.54, 1.807) is 30.9 Å². The topological polar surface area (TPSA) is 76.8 Å². The van der Waals surface area contributed by atoms with Crippen LogP contribution < -0.4 is 29.3 Å². The Morgan fingerprint density at radius 3 is 2.34 bits per heavy atom. The van der Waals surface area contributed by atoms with E-state index in [0.29, 0.717) is 30.2 Å². The van der Waals surface area contributed by atoms with Gasteiger partial charge in [0.05, 0.1) is 26.0 Å². The van der Waals surface area contributed by atoms with Gasteiger partial charge in [0.2, 0.25) is 0 Å². The Morgan fingerprint density at radius 1 is 0.842 bits per heavy atom. The van der Waals surface area contributed by atoms with Crippen molar-refractivity contribution in [3.05, 3.63) is 118 Å². The fraction of sp³-hybridized carbons (Fsp3) is 0.161. The molecule has 2 aromatic heterocycles. The molecule has 192 valence electrons. The first kappa shape index (κ1) is 24.9. The van der Waals surface area contributed by atoms with Gasteiger partial charge in [-0.2, -0.15) is 8.97 Å². The van der Waals surface area contributed by atoms with Gasteiger partial charge in [-0.05, 0) is 36.8 Å². The first-order chi connectivity index (χ1) is 18.5. The summed E-state index contributed by atoms with van der Waals surface area (Å²) in [6.07, 6.45) is 1.92. The minimum absolute atomic E-state index is 0.0710. The molecule has 5 aromatic rings. The Morgan fingerprint density at radius 2 is 1.58 bits per heavy atom. The number of hydrogen-bond acceptors (Lipinski definition) is 5. The fourth-order valence-electron chi connectivity index (χ4n) is 4.64. The van der Waals surface area contributed by atoms with Gasteiger partial charge in [0.25, 0.3) is 5.65 Å². The molecule has 38 heavy (non-hydrogen) atoms. The van der Waals surface area contributed by atoms with Crippen LogP contribution >= 0.6 is 0 Å². The number of pyridine rings is 1. The summed E-state index contributed by atoms with van der Waals surface area (Å²) in [4.78, 5) is 13.6. The number of hydrogen-bond donors (Lipinski definition) is 0. The predicted molar refractivity (Wildman–Crippen MR) is 143 cm³/mol. The molecule has 0 saturated carbocycles. The second-order valence-corrected chi connectivity index (χ2v) is 8.90. The van der Waals surface area contributed by atoms with Gasteiger partial charge in [-0.15, -0.1) is 5.75 Å². The van der Waals surface area contributed by atoms with E-state index < -0.39 is 0 Å². The summed E-state index contributed by atoms with van der Waals surface area (Å²) in [5, 5.41) is 11.6. The average Bonchev–Trinajstić information content (AvgIpc) is 2.95. The number of aromatic nitrogens is 2. The van der Waals surface area contributed by atoms with E-state index in [0.717, 1.165) is 33.8 Å². The molecule has 0 amide bonds. The third-order valence-electron chi connectivity index (χ3n) is 6.55. The standard InChI is InChI=1S/C31H28N2O5/c1-21-30(23-12-14-25(34)15-13-23)32-17-7-6-10-29(32)33(31(21)35)19-22-11-16-27(28(18-22)37-3)38-20-24-8-4-5-9-26(24)36-2/h4-18H,19-20H2,1-3H3. The number of nitrogens with zero attached hydrogens (tertiary/aromatic N) is 2. The third-order valence-corrected chi connectivity index (χ3v) is 6.55. The third kappa shape index (κ3) is 4.78. The first-order valence-electron chi connectivity index (χ1n) is 12.2. The summed E-state index contributed by atoms with van der Waals surface area (Å²) < 4.78 is 20.8. The van der Waals surface area contributed by atoms with Gasteiger partial charge in [-0.25, -0.2) is 4.79 Å². The van der Waals surface area contributed by atoms with Crippen molar-refractivity contribution in [1.29, 1.82) is 0 Å². The molecule has 7 nitrogen and oxygen atoms in total. The van der Waals surface area contributed by atoms with Crippen LogP contribution in [-0.4, -0.2) is 18.8 Å². The maximum atomic E-state index is 13.6. The van der Waals surface area contributed by atoms with E-state index in [9.17, 15) is 9.90 Å². The normalized spacial score (nSPS) is 10.9. The van der Waals surface area contributed by atoms with E-state index in [2.05, 4.69) is 0 Å². The monoisotopic (exact) mass is 508 g/mol. The summed E-state index contributed by atoms with van der Waals surface area (Å²) >= 11 is 0. The molecule has 7 heteroatoms.